The zero-order chi connectivity index (χ0) is 19.2. The summed E-state index contributed by atoms with van der Waals surface area (Å²) in [6.45, 7) is 5.09. The maximum Gasteiger partial charge on any atom is 0.243 e. The normalized spacial score (nSPS) is 31.6. The number of carbonyl (C=O) groups is 1. The summed E-state index contributed by atoms with van der Waals surface area (Å²) < 4.78 is 28.5. The molecule has 1 amide bonds. The van der Waals surface area contributed by atoms with Gasteiger partial charge in [-0.05, 0) is 56.1 Å². The van der Waals surface area contributed by atoms with Crippen molar-refractivity contribution in [3.05, 3.63) is 29.8 Å². The van der Waals surface area contributed by atoms with Crippen LogP contribution in [0.2, 0.25) is 0 Å². The number of fused-ring (bicyclic) bond motifs is 4. The molecule has 2 bridgehead atoms. The molecule has 5 nitrogen and oxygen atoms in total. The van der Waals surface area contributed by atoms with Crippen LogP contribution in [0.1, 0.15) is 51.0 Å². The van der Waals surface area contributed by atoms with E-state index in [1.807, 2.05) is 19.1 Å². The Morgan fingerprint density at radius 2 is 1.89 bits per heavy atom. The predicted molar refractivity (Wildman–Crippen MR) is 105 cm³/mol. The third-order valence-corrected chi connectivity index (χ3v) is 8.75. The molecule has 3 fully saturated rings. The molecule has 4 rings (SSSR count). The molecule has 0 aliphatic carbocycles. The van der Waals surface area contributed by atoms with Crippen LogP contribution in [0.4, 0.5) is 0 Å². The van der Waals surface area contributed by atoms with Crippen molar-refractivity contribution in [3.8, 4) is 0 Å². The minimum atomic E-state index is -3.49. The second-order valence-electron chi connectivity index (χ2n) is 8.46. The molecule has 3 saturated heterocycles. The lowest BCUT2D eigenvalue weighted by molar-refractivity contribution is -0.151. The van der Waals surface area contributed by atoms with E-state index in [-0.39, 0.29) is 29.8 Å². The molecular weight excluding hydrogens is 360 g/mol. The predicted octanol–water partition coefficient (Wildman–Crippen LogP) is 3.19. The van der Waals surface area contributed by atoms with Crippen LogP contribution >= 0.6 is 0 Å². The zero-order valence-electron chi connectivity index (χ0n) is 16.3. The van der Waals surface area contributed by atoms with Gasteiger partial charge in [0.05, 0.1) is 4.90 Å². The summed E-state index contributed by atoms with van der Waals surface area (Å²) in [5.41, 5.74) is 0.799. The first-order valence-corrected chi connectivity index (χ1v) is 11.7. The number of hydrogen-bond donors (Lipinski definition) is 0. The maximum absolute atomic E-state index is 13.4. The highest BCUT2D eigenvalue weighted by molar-refractivity contribution is 7.89. The highest BCUT2D eigenvalue weighted by Gasteiger charge is 2.50. The van der Waals surface area contributed by atoms with Crippen molar-refractivity contribution in [1.82, 2.24) is 9.21 Å². The van der Waals surface area contributed by atoms with Gasteiger partial charge in [-0.15, -0.1) is 0 Å². The van der Waals surface area contributed by atoms with Gasteiger partial charge >= 0.3 is 0 Å². The van der Waals surface area contributed by atoms with Gasteiger partial charge in [-0.3, -0.25) is 4.79 Å². The number of rotatable bonds is 4. The molecule has 3 aliphatic heterocycles. The third-order valence-electron chi connectivity index (χ3n) is 6.76. The van der Waals surface area contributed by atoms with Crippen molar-refractivity contribution in [2.75, 3.05) is 13.1 Å². The lowest BCUT2D eigenvalue weighted by Crippen LogP contribution is -2.65. The summed E-state index contributed by atoms with van der Waals surface area (Å²) in [4.78, 5) is 15.3. The summed E-state index contributed by atoms with van der Waals surface area (Å²) in [5, 5.41) is 0. The number of amides is 1. The van der Waals surface area contributed by atoms with Crippen LogP contribution < -0.4 is 0 Å². The van der Waals surface area contributed by atoms with Gasteiger partial charge in [0.2, 0.25) is 15.9 Å². The van der Waals surface area contributed by atoms with Crippen molar-refractivity contribution < 1.29 is 13.2 Å². The number of piperidine rings is 3. The molecular formula is C21H30N2O3S. The molecule has 0 radical (unpaired) electrons. The average molecular weight is 391 g/mol. The quantitative estimate of drug-likeness (QED) is 0.793. The van der Waals surface area contributed by atoms with Crippen LogP contribution in [-0.4, -0.2) is 48.7 Å². The smallest absolute Gasteiger partial charge is 0.243 e. The van der Waals surface area contributed by atoms with E-state index in [1.54, 1.807) is 16.4 Å². The van der Waals surface area contributed by atoms with Gasteiger partial charge in [0, 0.05) is 31.6 Å². The highest BCUT2D eigenvalue weighted by atomic mass is 32.2. The largest absolute Gasteiger partial charge is 0.336 e. The standard InChI is InChI=1S/C21H30N2O3S/c1-3-7-18-16-12-17(19-9-6-11-21(24)23(18)19)14-22(13-16)27(25,26)20-10-5-4-8-15(20)2/h4-5,8,10,16-19H,3,6-7,9,11-14H2,1-2H3/t16-,17+,18-,19-/m0/s1. The lowest BCUT2D eigenvalue weighted by Gasteiger charge is -2.56. The van der Waals surface area contributed by atoms with Gasteiger partial charge < -0.3 is 4.90 Å². The monoisotopic (exact) mass is 390 g/mol. The van der Waals surface area contributed by atoms with E-state index in [4.69, 9.17) is 0 Å². The number of aryl methyl sites for hydroxylation is 1. The Balaban J connectivity index is 1.67. The van der Waals surface area contributed by atoms with E-state index in [1.165, 1.54) is 0 Å². The van der Waals surface area contributed by atoms with Crippen LogP contribution in [0.25, 0.3) is 0 Å². The molecule has 4 atom stereocenters. The maximum atomic E-state index is 13.4. The van der Waals surface area contributed by atoms with Crippen molar-refractivity contribution >= 4 is 15.9 Å². The first-order chi connectivity index (χ1) is 12.9. The highest BCUT2D eigenvalue weighted by Crippen LogP contribution is 2.44. The van der Waals surface area contributed by atoms with E-state index in [2.05, 4.69) is 11.8 Å². The Bertz CT molecular complexity index is 822. The minimum absolute atomic E-state index is 0.193. The fourth-order valence-electron chi connectivity index (χ4n) is 5.58. The minimum Gasteiger partial charge on any atom is -0.336 e. The molecule has 1 aromatic rings. The molecule has 3 aliphatic rings. The first-order valence-electron chi connectivity index (χ1n) is 10.3. The van der Waals surface area contributed by atoms with E-state index in [0.29, 0.717) is 24.4 Å². The lowest BCUT2D eigenvalue weighted by atomic mass is 9.71. The molecule has 6 heteroatoms. The summed E-state index contributed by atoms with van der Waals surface area (Å²) in [6.07, 6.45) is 5.65. The second-order valence-corrected chi connectivity index (χ2v) is 10.4. The average Bonchev–Trinajstić information content (AvgIpc) is 2.65. The van der Waals surface area contributed by atoms with Crippen LogP contribution in [0.3, 0.4) is 0 Å². The van der Waals surface area contributed by atoms with Gasteiger partial charge in [0.15, 0.2) is 0 Å². The Labute approximate surface area is 162 Å². The number of sulfonamides is 1. The SMILES string of the molecule is CCC[C@H]1[C@H]2C[C@H](CN(S(=O)(=O)c3ccccc3C)C2)[C@@H]2CCCC(=O)N21. The molecule has 0 spiro atoms. The molecule has 0 N–H and O–H groups in total. The summed E-state index contributed by atoms with van der Waals surface area (Å²) >= 11 is 0. The molecule has 0 unspecified atom stereocenters. The fraction of sp³-hybridized carbons (Fsp3) is 0.667. The Hall–Kier alpha value is -1.40. The van der Waals surface area contributed by atoms with Gasteiger partial charge in [-0.2, -0.15) is 4.31 Å². The molecule has 1 aromatic carbocycles. The summed E-state index contributed by atoms with van der Waals surface area (Å²) in [6, 6.07) is 7.66. The topological polar surface area (TPSA) is 57.7 Å². The summed E-state index contributed by atoms with van der Waals surface area (Å²) in [7, 11) is -3.49. The molecule has 0 saturated carbocycles. The van der Waals surface area contributed by atoms with E-state index >= 15 is 0 Å². The number of nitrogens with zero attached hydrogens (tertiary/aromatic N) is 2. The Kier molecular flexibility index (Phi) is 5.06. The molecule has 3 heterocycles. The van der Waals surface area contributed by atoms with Crippen molar-refractivity contribution in [2.24, 2.45) is 11.8 Å². The Morgan fingerprint density at radius 1 is 1.15 bits per heavy atom. The van der Waals surface area contributed by atoms with Gasteiger partial charge in [0.1, 0.15) is 0 Å². The van der Waals surface area contributed by atoms with Gasteiger partial charge in [0.25, 0.3) is 0 Å². The van der Waals surface area contributed by atoms with Crippen molar-refractivity contribution in [2.45, 2.75) is 69.4 Å². The third kappa shape index (κ3) is 3.21. The fourth-order valence-corrected chi connectivity index (χ4v) is 7.36. The summed E-state index contributed by atoms with van der Waals surface area (Å²) in [5.74, 6) is 0.801. The van der Waals surface area contributed by atoms with Crippen molar-refractivity contribution in [1.29, 1.82) is 0 Å². The molecule has 0 aromatic heterocycles. The number of hydrogen-bond acceptors (Lipinski definition) is 3. The first kappa shape index (κ1) is 18.9. The molecule has 27 heavy (non-hydrogen) atoms. The number of carbonyl (C=O) groups excluding carboxylic acids is 1. The Morgan fingerprint density at radius 3 is 2.63 bits per heavy atom. The van der Waals surface area contributed by atoms with Crippen LogP contribution in [0.5, 0.6) is 0 Å². The van der Waals surface area contributed by atoms with E-state index in [9.17, 15) is 13.2 Å². The van der Waals surface area contributed by atoms with Crippen LogP contribution in [-0.2, 0) is 14.8 Å². The van der Waals surface area contributed by atoms with Gasteiger partial charge in [-0.1, -0.05) is 31.5 Å². The van der Waals surface area contributed by atoms with Crippen molar-refractivity contribution in [3.63, 3.8) is 0 Å². The number of benzene rings is 1. The van der Waals surface area contributed by atoms with E-state index in [0.717, 1.165) is 37.7 Å². The van der Waals surface area contributed by atoms with Crippen LogP contribution in [0.15, 0.2) is 29.2 Å². The zero-order valence-corrected chi connectivity index (χ0v) is 17.1. The molecule has 148 valence electrons. The van der Waals surface area contributed by atoms with Gasteiger partial charge in [-0.25, -0.2) is 8.42 Å². The second kappa shape index (κ2) is 7.21. The van der Waals surface area contributed by atoms with Crippen LogP contribution in [0, 0.1) is 18.8 Å². The van der Waals surface area contributed by atoms with E-state index < -0.39 is 10.0 Å².